The van der Waals surface area contributed by atoms with Crippen LogP contribution in [-0.2, 0) is 15.0 Å². The van der Waals surface area contributed by atoms with E-state index in [4.69, 9.17) is 11.6 Å². The van der Waals surface area contributed by atoms with Gasteiger partial charge in [0, 0.05) is 11.6 Å². The Balaban J connectivity index is 1.86. The van der Waals surface area contributed by atoms with Gasteiger partial charge in [0.2, 0.25) is 5.91 Å². The van der Waals surface area contributed by atoms with Crippen molar-refractivity contribution in [2.75, 3.05) is 6.54 Å². The molecule has 4 nitrogen and oxygen atoms in total. The maximum absolute atomic E-state index is 12.8. The highest BCUT2D eigenvalue weighted by atomic mass is 35.5. The molecule has 1 aromatic carbocycles. The van der Waals surface area contributed by atoms with Gasteiger partial charge in [0.25, 0.3) is 0 Å². The lowest BCUT2D eigenvalue weighted by Gasteiger charge is -2.27. The number of carboxylic acids is 1. The van der Waals surface area contributed by atoms with Crippen LogP contribution in [0.15, 0.2) is 24.3 Å². The smallest absolute Gasteiger partial charge is 0.326 e. The maximum Gasteiger partial charge on any atom is 0.326 e. The molecule has 106 valence electrons. The fourth-order valence-corrected chi connectivity index (χ4v) is 3.19. The summed E-state index contributed by atoms with van der Waals surface area (Å²) in [5.41, 5.74) is 0.436. The van der Waals surface area contributed by atoms with Crippen LogP contribution in [0.1, 0.15) is 31.2 Å². The summed E-state index contributed by atoms with van der Waals surface area (Å²) >= 11 is 5.88. The number of hydrogen-bond acceptors (Lipinski definition) is 2. The minimum absolute atomic E-state index is 0.0373. The molecule has 1 saturated heterocycles. The molecule has 20 heavy (non-hydrogen) atoms. The van der Waals surface area contributed by atoms with Crippen molar-refractivity contribution in [2.45, 2.75) is 37.1 Å². The summed E-state index contributed by atoms with van der Waals surface area (Å²) in [6.07, 6.45) is 2.89. The first kappa shape index (κ1) is 13.4. The normalized spacial score (nSPS) is 23.6. The van der Waals surface area contributed by atoms with E-state index in [1.165, 1.54) is 0 Å². The van der Waals surface area contributed by atoms with Gasteiger partial charge in [-0.2, -0.15) is 0 Å². The zero-order valence-corrected chi connectivity index (χ0v) is 11.8. The molecule has 1 N–H and O–H groups in total. The summed E-state index contributed by atoms with van der Waals surface area (Å²) in [4.78, 5) is 25.5. The molecule has 2 aliphatic rings. The van der Waals surface area contributed by atoms with Gasteiger partial charge in [0.1, 0.15) is 6.04 Å². The van der Waals surface area contributed by atoms with E-state index in [0.29, 0.717) is 18.0 Å². The number of aliphatic carboxylic acids is 1. The van der Waals surface area contributed by atoms with Crippen LogP contribution in [-0.4, -0.2) is 34.5 Å². The predicted molar refractivity (Wildman–Crippen MR) is 74.7 cm³/mol. The van der Waals surface area contributed by atoms with E-state index in [9.17, 15) is 14.7 Å². The van der Waals surface area contributed by atoms with Crippen LogP contribution in [0.2, 0.25) is 5.02 Å². The van der Waals surface area contributed by atoms with Crippen molar-refractivity contribution in [3.8, 4) is 0 Å². The van der Waals surface area contributed by atoms with Gasteiger partial charge in [-0.25, -0.2) is 4.79 Å². The van der Waals surface area contributed by atoms with Crippen LogP contribution in [0, 0.1) is 0 Å². The highest BCUT2D eigenvalue weighted by molar-refractivity contribution is 6.30. The van der Waals surface area contributed by atoms with Crippen molar-refractivity contribution in [3.63, 3.8) is 0 Å². The molecule has 1 amide bonds. The Morgan fingerprint density at radius 2 is 1.90 bits per heavy atom. The zero-order valence-electron chi connectivity index (χ0n) is 11.0. The number of benzene rings is 1. The molecule has 0 bridgehead atoms. The van der Waals surface area contributed by atoms with Crippen LogP contribution in [0.25, 0.3) is 0 Å². The van der Waals surface area contributed by atoms with Gasteiger partial charge >= 0.3 is 5.97 Å². The molecular weight excluding hydrogens is 278 g/mol. The van der Waals surface area contributed by atoms with Gasteiger partial charge in [0.15, 0.2) is 0 Å². The third kappa shape index (κ3) is 2.08. The Morgan fingerprint density at radius 1 is 1.25 bits per heavy atom. The first-order valence-corrected chi connectivity index (χ1v) is 7.22. The molecule has 1 aliphatic heterocycles. The number of carbonyl (C=O) groups is 2. The van der Waals surface area contributed by atoms with E-state index in [2.05, 4.69) is 0 Å². The third-order valence-electron chi connectivity index (χ3n) is 4.35. The summed E-state index contributed by atoms with van der Waals surface area (Å²) in [5, 5.41) is 9.85. The Morgan fingerprint density at radius 3 is 2.45 bits per heavy atom. The highest BCUT2D eigenvalue weighted by Gasteiger charge is 2.55. The van der Waals surface area contributed by atoms with E-state index < -0.39 is 17.4 Å². The topological polar surface area (TPSA) is 57.6 Å². The lowest BCUT2D eigenvalue weighted by atomic mass is 9.94. The summed E-state index contributed by atoms with van der Waals surface area (Å²) in [6, 6.07) is 6.65. The second kappa shape index (κ2) is 4.77. The van der Waals surface area contributed by atoms with Gasteiger partial charge in [-0.3, -0.25) is 4.79 Å². The van der Waals surface area contributed by atoms with E-state index in [0.717, 1.165) is 24.8 Å². The van der Waals surface area contributed by atoms with Crippen LogP contribution in [0.4, 0.5) is 0 Å². The van der Waals surface area contributed by atoms with Crippen molar-refractivity contribution < 1.29 is 14.7 Å². The Bertz CT molecular complexity index is 551. The molecule has 5 heteroatoms. The van der Waals surface area contributed by atoms with Crippen LogP contribution >= 0.6 is 11.6 Å². The molecule has 0 radical (unpaired) electrons. The fraction of sp³-hybridized carbons (Fsp3) is 0.467. The number of amides is 1. The second-order valence-electron chi connectivity index (χ2n) is 5.58. The lowest BCUT2D eigenvalue weighted by molar-refractivity contribution is -0.149. The van der Waals surface area contributed by atoms with Gasteiger partial charge in [-0.05, 0) is 43.4 Å². The Hall–Kier alpha value is -1.55. The van der Waals surface area contributed by atoms with Gasteiger partial charge in [0.05, 0.1) is 5.41 Å². The van der Waals surface area contributed by atoms with Gasteiger partial charge < -0.3 is 10.0 Å². The molecule has 2 fully saturated rings. The molecule has 3 rings (SSSR count). The Kier molecular flexibility index (Phi) is 3.21. The van der Waals surface area contributed by atoms with Gasteiger partial charge in [-0.15, -0.1) is 0 Å². The van der Waals surface area contributed by atoms with Crippen molar-refractivity contribution in [1.29, 1.82) is 0 Å². The minimum Gasteiger partial charge on any atom is -0.480 e. The first-order chi connectivity index (χ1) is 9.54. The average Bonchev–Trinajstić information content (AvgIpc) is 3.08. The number of hydrogen-bond donors (Lipinski definition) is 1. The number of nitrogens with zero attached hydrogens (tertiary/aromatic N) is 1. The molecule has 1 atom stereocenters. The van der Waals surface area contributed by atoms with Crippen molar-refractivity contribution in [3.05, 3.63) is 34.9 Å². The average molecular weight is 294 g/mol. The fourth-order valence-electron chi connectivity index (χ4n) is 3.06. The van der Waals surface area contributed by atoms with E-state index >= 15 is 0 Å². The quantitative estimate of drug-likeness (QED) is 0.931. The maximum atomic E-state index is 12.8. The molecule has 1 heterocycles. The predicted octanol–water partition coefficient (Wildman–Crippen LogP) is 2.45. The van der Waals surface area contributed by atoms with E-state index in [1.54, 1.807) is 17.0 Å². The SMILES string of the molecule is O=C(O)C1CCCN1C(=O)C1(c2ccc(Cl)cc2)CC1. The number of rotatable bonds is 3. The highest BCUT2D eigenvalue weighted by Crippen LogP contribution is 2.50. The van der Waals surface area contributed by atoms with Crippen molar-refractivity contribution in [1.82, 2.24) is 4.90 Å². The minimum atomic E-state index is -0.900. The number of likely N-dealkylation sites (tertiary alicyclic amines) is 1. The summed E-state index contributed by atoms with van der Waals surface area (Å²) < 4.78 is 0. The van der Waals surface area contributed by atoms with E-state index in [-0.39, 0.29) is 5.91 Å². The van der Waals surface area contributed by atoms with Crippen molar-refractivity contribution in [2.24, 2.45) is 0 Å². The molecule has 1 saturated carbocycles. The first-order valence-electron chi connectivity index (χ1n) is 6.84. The van der Waals surface area contributed by atoms with E-state index in [1.807, 2.05) is 12.1 Å². The second-order valence-corrected chi connectivity index (χ2v) is 6.02. The Labute approximate surface area is 122 Å². The summed E-state index contributed by atoms with van der Waals surface area (Å²) in [5.74, 6) is -0.938. The molecule has 1 aliphatic carbocycles. The standard InChI is InChI=1S/C15H16ClNO3/c16-11-5-3-10(4-6-11)15(7-8-15)14(20)17-9-1-2-12(17)13(18)19/h3-6,12H,1-2,7-9H2,(H,18,19). The molecule has 1 unspecified atom stereocenters. The lowest BCUT2D eigenvalue weighted by Crippen LogP contribution is -2.45. The van der Waals surface area contributed by atoms with Crippen molar-refractivity contribution >= 4 is 23.5 Å². The third-order valence-corrected chi connectivity index (χ3v) is 4.61. The van der Waals surface area contributed by atoms with Crippen LogP contribution in [0.3, 0.4) is 0 Å². The van der Waals surface area contributed by atoms with Gasteiger partial charge in [-0.1, -0.05) is 23.7 Å². The molecule has 0 aromatic heterocycles. The number of carboxylic acid groups (broad SMARTS) is 1. The molecule has 1 aromatic rings. The monoisotopic (exact) mass is 293 g/mol. The molecule has 0 spiro atoms. The zero-order chi connectivity index (χ0) is 14.3. The summed E-state index contributed by atoms with van der Waals surface area (Å²) in [6.45, 7) is 0.547. The van der Waals surface area contributed by atoms with Crippen LogP contribution < -0.4 is 0 Å². The summed E-state index contributed by atoms with van der Waals surface area (Å²) in [7, 11) is 0. The van der Waals surface area contributed by atoms with Crippen LogP contribution in [0.5, 0.6) is 0 Å². The number of carbonyl (C=O) groups excluding carboxylic acids is 1. The molecular formula is C15H16ClNO3. The largest absolute Gasteiger partial charge is 0.480 e. The number of halogens is 1.